The molecule has 0 aliphatic rings. The molecule has 5 nitrogen and oxygen atoms in total. The van der Waals surface area contributed by atoms with E-state index in [1.165, 1.54) is 18.3 Å². The van der Waals surface area contributed by atoms with Gasteiger partial charge in [0.25, 0.3) is 5.91 Å². The van der Waals surface area contributed by atoms with E-state index >= 15 is 0 Å². The summed E-state index contributed by atoms with van der Waals surface area (Å²) in [6.07, 6.45) is 1.48. The zero-order valence-corrected chi connectivity index (χ0v) is 15.5. The molecule has 126 valence electrons. The maximum Gasteiger partial charge on any atom is 0.277 e. The molecule has 0 aliphatic carbocycles. The minimum absolute atomic E-state index is 0.170. The summed E-state index contributed by atoms with van der Waals surface area (Å²) < 4.78 is 6.23. The van der Waals surface area contributed by atoms with Crippen molar-refractivity contribution in [1.29, 1.82) is 0 Å². The number of amides is 1. The number of benzene rings is 2. The highest BCUT2D eigenvalue weighted by molar-refractivity contribution is 9.10. The Balaban J connectivity index is 1.91. The highest BCUT2D eigenvalue weighted by atomic mass is 79.9. The molecule has 0 atom stereocenters. The summed E-state index contributed by atoms with van der Waals surface area (Å²) >= 11 is 9.57. The topological polar surface area (TPSA) is 70.9 Å². The number of carbonyl (C=O) groups is 1. The van der Waals surface area contributed by atoms with Gasteiger partial charge in [0.05, 0.1) is 10.7 Å². The largest absolute Gasteiger partial charge is 0.508 e. The van der Waals surface area contributed by atoms with Crippen LogP contribution in [-0.2, 0) is 4.79 Å². The van der Waals surface area contributed by atoms with Gasteiger partial charge in [0.2, 0.25) is 0 Å². The van der Waals surface area contributed by atoms with Crippen molar-refractivity contribution in [3.8, 4) is 11.5 Å². The van der Waals surface area contributed by atoms with Gasteiger partial charge < -0.3 is 9.84 Å². The molecule has 0 aromatic heterocycles. The molecule has 0 aliphatic heterocycles. The number of hydrazone groups is 1. The van der Waals surface area contributed by atoms with Crippen molar-refractivity contribution in [3.63, 3.8) is 0 Å². The molecule has 2 aromatic rings. The van der Waals surface area contributed by atoms with Gasteiger partial charge in [-0.15, -0.1) is 0 Å². The molecular formula is C17H16BrClN2O3. The molecule has 2 aromatic carbocycles. The van der Waals surface area contributed by atoms with Crippen molar-refractivity contribution in [1.82, 2.24) is 5.43 Å². The van der Waals surface area contributed by atoms with Crippen LogP contribution in [0.15, 0.2) is 39.9 Å². The molecule has 2 rings (SSSR count). The molecule has 24 heavy (non-hydrogen) atoms. The molecular weight excluding hydrogens is 396 g/mol. The van der Waals surface area contributed by atoms with Gasteiger partial charge in [0.15, 0.2) is 6.61 Å². The highest BCUT2D eigenvalue weighted by Crippen LogP contribution is 2.35. The van der Waals surface area contributed by atoms with E-state index in [-0.39, 0.29) is 18.3 Å². The number of hydrogen-bond donors (Lipinski definition) is 2. The van der Waals surface area contributed by atoms with Gasteiger partial charge in [-0.2, -0.15) is 5.10 Å². The van der Waals surface area contributed by atoms with E-state index in [0.717, 1.165) is 21.2 Å². The number of halogens is 2. The van der Waals surface area contributed by atoms with Gasteiger partial charge in [-0.05, 0) is 76.8 Å². The van der Waals surface area contributed by atoms with Crippen LogP contribution in [0.25, 0.3) is 0 Å². The Bertz CT molecular complexity index is 776. The Morgan fingerprint density at radius 1 is 1.38 bits per heavy atom. The second-order valence-electron chi connectivity index (χ2n) is 5.12. The fourth-order valence-electron chi connectivity index (χ4n) is 1.92. The van der Waals surface area contributed by atoms with Gasteiger partial charge in [-0.1, -0.05) is 11.6 Å². The van der Waals surface area contributed by atoms with Crippen LogP contribution in [0.4, 0.5) is 0 Å². The predicted molar refractivity (Wildman–Crippen MR) is 98.0 cm³/mol. The molecule has 2 N–H and O–H groups in total. The minimum atomic E-state index is -0.387. The molecule has 7 heteroatoms. The summed E-state index contributed by atoms with van der Waals surface area (Å²) in [5.41, 5.74) is 4.86. The molecule has 0 spiro atoms. The van der Waals surface area contributed by atoms with Crippen LogP contribution >= 0.6 is 27.5 Å². The van der Waals surface area contributed by atoms with Gasteiger partial charge >= 0.3 is 0 Å². The maximum atomic E-state index is 11.8. The second kappa shape index (κ2) is 8.17. The van der Waals surface area contributed by atoms with Crippen LogP contribution in [0.1, 0.15) is 16.7 Å². The quantitative estimate of drug-likeness (QED) is 0.578. The summed E-state index contributed by atoms with van der Waals surface area (Å²) in [6.45, 7) is 3.57. The lowest BCUT2D eigenvalue weighted by Gasteiger charge is -2.12. The van der Waals surface area contributed by atoms with Crippen LogP contribution in [0, 0.1) is 13.8 Å². The fourth-order valence-corrected chi connectivity index (χ4v) is 2.61. The van der Waals surface area contributed by atoms with Gasteiger partial charge in [-0.3, -0.25) is 4.79 Å². The number of aryl methyl sites for hydroxylation is 1. The number of nitrogens with one attached hydrogen (secondary N) is 1. The molecule has 0 fully saturated rings. The third kappa shape index (κ3) is 4.72. The third-order valence-corrected chi connectivity index (χ3v) is 4.79. The molecule has 0 bridgehead atoms. The minimum Gasteiger partial charge on any atom is -0.508 e. The van der Waals surface area contributed by atoms with Crippen molar-refractivity contribution < 1.29 is 14.6 Å². The molecule has 1 amide bonds. The first-order valence-corrected chi connectivity index (χ1v) is 8.24. The summed E-state index contributed by atoms with van der Waals surface area (Å²) in [5, 5.41) is 13.7. The van der Waals surface area contributed by atoms with Crippen LogP contribution in [0.3, 0.4) is 0 Å². The first kappa shape index (κ1) is 18.3. The van der Waals surface area contributed by atoms with Gasteiger partial charge in [0, 0.05) is 5.02 Å². The van der Waals surface area contributed by atoms with E-state index in [9.17, 15) is 9.90 Å². The van der Waals surface area contributed by atoms with E-state index in [0.29, 0.717) is 10.8 Å². The Morgan fingerprint density at radius 2 is 2.04 bits per heavy atom. The summed E-state index contributed by atoms with van der Waals surface area (Å²) in [6, 6.07) is 8.20. The van der Waals surface area contributed by atoms with Crippen molar-refractivity contribution in [2.45, 2.75) is 13.8 Å². The summed E-state index contributed by atoms with van der Waals surface area (Å²) in [7, 11) is 0. The van der Waals surface area contributed by atoms with Gasteiger partial charge in [0.1, 0.15) is 11.5 Å². The average molecular weight is 412 g/mol. The van der Waals surface area contributed by atoms with Crippen LogP contribution in [-0.4, -0.2) is 23.8 Å². The van der Waals surface area contributed by atoms with E-state index in [2.05, 4.69) is 26.5 Å². The number of aromatic hydroxyl groups is 1. The summed E-state index contributed by atoms with van der Waals surface area (Å²) in [4.78, 5) is 11.8. The SMILES string of the molecule is Cc1cc(OCC(=O)N/N=C/c2ccc(O)cc2)c(Br)c(C)c1Cl. The fraction of sp³-hybridized carbons (Fsp3) is 0.176. The molecule has 0 saturated heterocycles. The van der Waals surface area contributed by atoms with Crippen molar-refractivity contribution >= 4 is 39.7 Å². The number of phenolic OH excluding ortho intramolecular Hbond substituents is 1. The second-order valence-corrected chi connectivity index (χ2v) is 6.29. The lowest BCUT2D eigenvalue weighted by molar-refractivity contribution is -0.123. The maximum absolute atomic E-state index is 11.8. The van der Waals surface area contributed by atoms with Crippen LogP contribution in [0.5, 0.6) is 11.5 Å². The molecule has 0 heterocycles. The van der Waals surface area contributed by atoms with E-state index in [1.54, 1.807) is 18.2 Å². The van der Waals surface area contributed by atoms with E-state index in [1.807, 2.05) is 13.8 Å². The first-order valence-electron chi connectivity index (χ1n) is 7.07. The molecule has 0 unspecified atom stereocenters. The van der Waals surface area contributed by atoms with Crippen molar-refractivity contribution in [2.24, 2.45) is 5.10 Å². The van der Waals surface area contributed by atoms with Crippen LogP contribution < -0.4 is 10.2 Å². The molecule has 0 radical (unpaired) electrons. The number of rotatable bonds is 5. The number of hydrogen-bond acceptors (Lipinski definition) is 4. The Kier molecular flexibility index (Phi) is 6.23. The van der Waals surface area contributed by atoms with E-state index < -0.39 is 0 Å². The Morgan fingerprint density at radius 3 is 2.71 bits per heavy atom. The lowest BCUT2D eigenvalue weighted by Crippen LogP contribution is -2.24. The standard InChI is InChI=1S/C17H16BrClN2O3/c1-10-7-14(16(18)11(2)17(10)19)24-9-15(23)21-20-8-12-3-5-13(22)6-4-12/h3-8,22H,9H2,1-2H3,(H,21,23)/b20-8+. The molecule has 0 saturated carbocycles. The summed E-state index contributed by atoms with van der Waals surface area (Å²) in [5.74, 6) is 0.331. The number of nitrogens with zero attached hydrogens (tertiary/aromatic N) is 1. The zero-order chi connectivity index (χ0) is 17.7. The Labute approximate surface area is 153 Å². The first-order chi connectivity index (χ1) is 11.4. The predicted octanol–water partition coefficient (Wildman–Crippen LogP) is 3.95. The third-order valence-electron chi connectivity index (χ3n) is 3.22. The number of phenols is 1. The Hall–Kier alpha value is -2.05. The average Bonchev–Trinajstić information content (AvgIpc) is 2.57. The van der Waals surface area contributed by atoms with Crippen molar-refractivity contribution in [3.05, 3.63) is 56.5 Å². The number of ether oxygens (including phenoxy) is 1. The smallest absolute Gasteiger partial charge is 0.277 e. The van der Waals surface area contributed by atoms with Crippen molar-refractivity contribution in [2.75, 3.05) is 6.61 Å². The van der Waals surface area contributed by atoms with Crippen LogP contribution in [0.2, 0.25) is 5.02 Å². The van der Waals surface area contributed by atoms with Gasteiger partial charge in [-0.25, -0.2) is 5.43 Å². The monoisotopic (exact) mass is 410 g/mol. The lowest BCUT2D eigenvalue weighted by atomic mass is 10.1. The van der Waals surface area contributed by atoms with E-state index in [4.69, 9.17) is 16.3 Å². The highest BCUT2D eigenvalue weighted by Gasteiger charge is 2.12. The number of carbonyl (C=O) groups excluding carboxylic acids is 1. The normalized spacial score (nSPS) is 10.8. The zero-order valence-electron chi connectivity index (χ0n) is 13.1.